The van der Waals surface area contributed by atoms with Crippen LogP contribution in [-0.4, -0.2) is 189 Å². The number of nitrogens with two attached hydrogens (primary N) is 6. The molecule has 4 rings (SSSR count). The smallest absolute Gasteiger partial charge is 0.394 e. The van der Waals surface area contributed by atoms with Crippen LogP contribution in [-0.2, 0) is 38.8 Å². The van der Waals surface area contributed by atoms with E-state index in [1.54, 1.807) is 0 Å². The first-order chi connectivity index (χ1) is 21.8. The van der Waals surface area contributed by atoms with E-state index in [9.17, 15) is 35.7 Å². The molecule has 23 nitrogen and oxygen atoms in total. The third-order valence-electron chi connectivity index (χ3n) is 8.37. The Morgan fingerprint density at radius 3 is 1.40 bits per heavy atom. The van der Waals surface area contributed by atoms with Crippen molar-refractivity contribution in [3.8, 4) is 0 Å². The average molecular weight is 713 g/mol. The van der Waals surface area contributed by atoms with Crippen molar-refractivity contribution in [1.82, 2.24) is 0 Å². The van der Waals surface area contributed by atoms with E-state index in [0.717, 1.165) is 0 Å². The van der Waals surface area contributed by atoms with E-state index in [0.29, 0.717) is 0 Å². The van der Waals surface area contributed by atoms with Gasteiger partial charge in [-0.25, -0.2) is 0 Å². The topological polar surface area (TPSA) is 428 Å². The maximum absolute atomic E-state index is 11.1. The highest BCUT2D eigenvalue weighted by Crippen LogP contribution is 2.34. The van der Waals surface area contributed by atoms with E-state index in [1.165, 1.54) is 0 Å². The maximum Gasteiger partial charge on any atom is 0.394 e. The first-order valence-corrected chi connectivity index (χ1v) is 16.0. The lowest BCUT2D eigenvalue weighted by Gasteiger charge is -2.47. The molecule has 24 heteroatoms. The highest BCUT2D eigenvalue weighted by Gasteiger charge is 2.54. The SMILES string of the molecule is NC[C@@H]1O[C@H](O[C@@H]2[C@@H](CO)OC(O[C@@H]3[C@@H](O)[C@H](N)C[C@H](N)[C@H]3O[C@H]3O[C@H](CN)[C@@H](O)[C@H](O)[C@H]3N)[C@@H]2O)[C@H](N)[C@@H](O)[C@@H]1O.O=S(=O)(O)O. The molecular formula is C23H48N6O17S. The molecule has 3 heterocycles. The van der Waals surface area contributed by atoms with Crippen molar-refractivity contribution in [2.75, 3.05) is 19.7 Å². The molecule has 0 amide bonds. The third kappa shape index (κ3) is 9.67. The van der Waals surface area contributed by atoms with Gasteiger partial charge in [-0.3, -0.25) is 9.11 Å². The number of aliphatic hydroxyl groups excluding tert-OH is 7. The zero-order chi connectivity index (χ0) is 35.5. The van der Waals surface area contributed by atoms with Crippen LogP contribution < -0.4 is 34.4 Å². The molecule has 21 N–H and O–H groups in total. The minimum Gasteiger partial charge on any atom is -0.394 e. The van der Waals surface area contributed by atoms with Crippen LogP contribution in [0.5, 0.6) is 0 Å². The van der Waals surface area contributed by atoms with Crippen LogP contribution in [0.1, 0.15) is 6.42 Å². The first-order valence-electron chi connectivity index (χ1n) is 14.6. The lowest BCUT2D eigenvalue weighted by atomic mass is 9.84. The molecule has 1 aliphatic carbocycles. The number of hydrogen-bond donors (Lipinski definition) is 15. The molecule has 4 fully saturated rings. The Morgan fingerprint density at radius 1 is 0.574 bits per heavy atom. The highest BCUT2D eigenvalue weighted by atomic mass is 32.3. The zero-order valence-corrected chi connectivity index (χ0v) is 25.8. The Balaban J connectivity index is 0.00000111. The molecule has 0 aromatic rings. The second kappa shape index (κ2) is 16.9. The summed E-state index contributed by atoms with van der Waals surface area (Å²) in [6.45, 7) is -0.967. The first kappa shape index (κ1) is 40.5. The molecule has 47 heavy (non-hydrogen) atoms. The van der Waals surface area contributed by atoms with Crippen LogP contribution in [0.15, 0.2) is 0 Å². The molecule has 0 spiro atoms. The molecule has 3 aliphatic heterocycles. The fraction of sp³-hybridized carbons (Fsp3) is 1.00. The second-order valence-corrected chi connectivity index (χ2v) is 12.6. The summed E-state index contributed by atoms with van der Waals surface area (Å²) < 4.78 is 66.2. The Morgan fingerprint density at radius 2 is 0.979 bits per heavy atom. The molecule has 1 unspecified atom stereocenters. The van der Waals surface area contributed by atoms with Crippen molar-refractivity contribution in [2.45, 2.75) is 123 Å². The molecule has 19 atom stereocenters. The number of ether oxygens (including phenoxy) is 6. The van der Waals surface area contributed by atoms with E-state index in [1.807, 2.05) is 0 Å². The Kier molecular flexibility index (Phi) is 14.6. The van der Waals surface area contributed by atoms with Crippen molar-refractivity contribution < 1.29 is 81.7 Å². The average Bonchev–Trinajstić information content (AvgIpc) is 3.30. The fourth-order valence-corrected chi connectivity index (χ4v) is 5.74. The molecule has 0 aromatic carbocycles. The fourth-order valence-electron chi connectivity index (χ4n) is 5.74. The summed E-state index contributed by atoms with van der Waals surface area (Å²) in [5.74, 6) is 0. The van der Waals surface area contributed by atoms with Crippen LogP contribution in [0.2, 0.25) is 0 Å². The molecule has 0 radical (unpaired) electrons. The second-order valence-electron chi connectivity index (χ2n) is 11.7. The van der Waals surface area contributed by atoms with Gasteiger partial charge in [0.2, 0.25) is 0 Å². The van der Waals surface area contributed by atoms with Gasteiger partial charge in [0.05, 0.1) is 24.8 Å². The van der Waals surface area contributed by atoms with Gasteiger partial charge in [-0.05, 0) is 6.42 Å². The van der Waals surface area contributed by atoms with Crippen molar-refractivity contribution >= 4 is 10.4 Å². The molecule has 0 bridgehead atoms. The molecular weight excluding hydrogens is 664 g/mol. The number of hydrogen-bond acceptors (Lipinski definition) is 21. The summed E-state index contributed by atoms with van der Waals surface area (Å²) >= 11 is 0. The van der Waals surface area contributed by atoms with Gasteiger partial charge in [-0.2, -0.15) is 8.42 Å². The summed E-state index contributed by atoms with van der Waals surface area (Å²) in [6, 6.07) is -4.18. The van der Waals surface area contributed by atoms with Crippen molar-refractivity contribution in [3.63, 3.8) is 0 Å². The van der Waals surface area contributed by atoms with Crippen molar-refractivity contribution in [1.29, 1.82) is 0 Å². The minimum absolute atomic E-state index is 0.0889. The highest BCUT2D eigenvalue weighted by molar-refractivity contribution is 7.79. The van der Waals surface area contributed by atoms with Gasteiger partial charge in [0.15, 0.2) is 18.9 Å². The predicted octanol–water partition coefficient (Wildman–Crippen LogP) is -9.55. The van der Waals surface area contributed by atoms with Crippen molar-refractivity contribution in [3.05, 3.63) is 0 Å². The van der Waals surface area contributed by atoms with Gasteiger partial charge < -0.3 is 98.6 Å². The molecule has 4 aliphatic rings. The normalized spacial score (nSPS) is 49.3. The van der Waals surface area contributed by atoms with Gasteiger partial charge in [-0.15, -0.1) is 0 Å². The van der Waals surface area contributed by atoms with E-state index in [-0.39, 0.29) is 19.5 Å². The monoisotopic (exact) mass is 712 g/mol. The molecule has 278 valence electrons. The Labute approximate surface area is 269 Å². The summed E-state index contributed by atoms with van der Waals surface area (Å²) in [5, 5.41) is 73.0. The van der Waals surface area contributed by atoms with Gasteiger partial charge in [0, 0.05) is 25.2 Å². The lowest BCUT2D eigenvalue weighted by Crippen LogP contribution is -2.68. The minimum atomic E-state index is -4.67. The van der Waals surface area contributed by atoms with E-state index >= 15 is 0 Å². The standard InChI is InChI=1S/C23H46N6O13.H2O4S/c24-2-7-13(32)15(34)10(28)21(37-7)40-18-6(27)1-5(26)12(31)20(18)42-23-17(36)19(9(4-30)39-23)41-22-11(29)16(35)14(33)8(3-25)38-22;1-5(2,3)4/h5-23,30-36H,1-4,24-29H2;(H2,1,2,3,4)/t5-,6+,7-,8+,9-,10-,11-,12+,13-,14-,15-,16-,17-,18-,19-,20-,21-,22-,23?;/m1./s1. The summed E-state index contributed by atoms with van der Waals surface area (Å²) in [7, 11) is -4.67. The van der Waals surface area contributed by atoms with Crippen molar-refractivity contribution in [2.24, 2.45) is 34.4 Å². The lowest BCUT2D eigenvalue weighted by molar-refractivity contribution is -0.306. The van der Waals surface area contributed by atoms with Crippen LogP contribution in [0.3, 0.4) is 0 Å². The predicted molar refractivity (Wildman–Crippen MR) is 153 cm³/mol. The van der Waals surface area contributed by atoms with Crippen LogP contribution >= 0.6 is 0 Å². The summed E-state index contributed by atoms with van der Waals surface area (Å²) in [5.41, 5.74) is 35.6. The van der Waals surface area contributed by atoms with Crippen LogP contribution in [0.4, 0.5) is 0 Å². The van der Waals surface area contributed by atoms with Crippen LogP contribution in [0.25, 0.3) is 0 Å². The van der Waals surface area contributed by atoms with E-state index in [4.69, 9.17) is 80.3 Å². The summed E-state index contributed by atoms with van der Waals surface area (Å²) in [4.78, 5) is 0. The molecule has 3 saturated heterocycles. The Hall–Kier alpha value is -0.890. The van der Waals surface area contributed by atoms with Gasteiger partial charge in [0.25, 0.3) is 0 Å². The Bertz CT molecular complexity index is 1080. The number of aliphatic hydroxyl groups is 7. The van der Waals surface area contributed by atoms with Crippen LogP contribution in [0, 0.1) is 0 Å². The van der Waals surface area contributed by atoms with Gasteiger partial charge in [0.1, 0.15) is 67.1 Å². The number of rotatable bonds is 9. The van der Waals surface area contributed by atoms with E-state index < -0.39 is 133 Å². The zero-order valence-electron chi connectivity index (χ0n) is 25.0. The largest absolute Gasteiger partial charge is 0.394 e. The summed E-state index contributed by atoms with van der Waals surface area (Å²) in [6.07, 6.45) is -19.8. The molecule has 1 saturated carbocycles. The quantitative estimate of drug-likeness (QED) is 0.0986. The third-order valence-corrected chi connectivity index (χ3v) is 8.37. The maximum atomic E-state index is 11.1. The van der Waals surface area contributed by atoms with Gasteiger partial charge in [-0.1, -0.05) is 0 Å². The van der Waals surface area contributed by atoms with E-state index in [2.05, 4.69) is 0 Å². The molecule has 0 aromatic heterocycles. The van der Waals surface area contributed by atoms with Gasteiger partial charge >= 0.3 is 10.4 Å².